The van der Waals surface area contributed by atoms with Crippen LogP contribution >= 0.6 is 11.3 Å². The number of aliphatic carboxylic acids is 1. The van der Waals surface area contributed by atoms with Crippen molar-refractivity contribution < 1.29 is 14.7 Å². The highest BCUT2D eigenvalue weighted by atomic mass is 32.1. The predicted octanol–water partition coefficient (Wildman–Crippen LogP) is 3.38. The lowest BCUT2D eigenvalue weighted by molar-refractivity contribution is -0.311. The molecule has 6 heteroatoms. The number of carbonyl (C=O) groups excluding carboxylic acids is 2. The molecular formula is C21H19N2O3S-. The third-order valence-corrected chi connectivity index (χ3v) is 6.15. The van der Waals surface area contributed by atoms with E-state index in [1.165, 1.54) is 5.56 Å². The van der Waals surface area contributed by atoms with E-state index in [2.05, 4.69) is 29.4 Å². The first-order chi connectivity index (χ1) is 13.0. The summed E-state index contributed by atoms with van der Waals surface area (Å²) in [7, 11) is 0. The fourth-order valence-electron chi connectivity index (χ4n) is 3.53. The van der Waals surface area contributed by atoms with Gasteiger partial charge in [0, 0.05) is 23.1 Å². The largest absolute Gasteiger partial charge is 0.550 e. The number of hydrogen-bond donors (Lipinski definition) is 1. The highest BCUT2D eigenvalue weighted by Crippen LogP contribution is 2.33. The molecule has 0 saturated heterocycles. The molecule has 1 amide bonds. The van der Waals surface area contributed by atoms with Crippen LogP contribution in [0.25, 0.3) is 20.8 Å². The van der Waals surface area contributed by atoms with Crippen molar-refractivity contribution >= 4 is 39.1 Å². The molecule has 0 spiro atoms. The number of amides is 1. The summed E-state index contributed by atoms with van der Waals surface area (Å²) in [5.41, 5.74) is 3.91. The monoisotopic (exact) mass is 379 g/mol. The maximum Gasteiger partial charge on any atom is 0.227 e. The van der Waals surface area contributed by atoms with E-state index in [0.717, 1.165) is 20.8 Å². The Morgan fingerprint density at radius 3 is 2.56 bits per heavy atom. The van der Waals surface area contributed by atoms with Crippen LogP contribution in [-0.2, 0) is 9.59 Å². The minimum atomic E-state index is -1.05. The highest BCUT2D eigenvalue weighted by molar-refractivity contribution is 7.21. The SMILES string of the molecule is Cc1ccc2nc(-c3ccc(NC(=O)[C@@H]4CC[C@H](C(=O)[O-])C4)cc3)sc2c1. The van der Waals surface area contributed by atoms with E-state index in [0.29, 0.717) is 24.9 Å². The molecule has 0 aliphatic heterocycles. The van der Waals surface area contributed by atoms with Crippen LogP contribution < -0.4 is 10.4 Å². The molecular weight excluding hydrogens is 360 g/mol. The minimum Gasteiger partial charge on any atom is -0.550 e. The van der Waals surface area contributed by atoms with E-state index in [-0.39, 0.29) is 11.8 Å². The standard InChI is InChI=1S/C21H20N2O3S/c1-12-2-9-17-18(10-12)27-20(23-17)13-5-7-16(8-6-13)22-19(24)14-3-4-15(11-14)21(25)26/h2,5-10,14-15H,3-4,11H2,1H3,(H,22,24)(H,25,26)/p-1/t14-,15+/m1/s1. The Labute approximate surface area is 161 Å². The Morgan fingerprint density at radius 1 is 1.11 bits per heavy atom. The zero-order valence-electron chi connectivity index (χ0n) is 14.9. The zero-order chi connectivity index (χ0) is 19.0. The molecule has 1 aliphatic carbocycles. The zero-order valence-corrected chi connectivity index (χ0v) is 15.7. The van der Waals surface area contributed by atoms with Gasteiger partial charge in [-0.05, 0) is 74.1 Å². The van der Waals surface area contributed by atoms with Gasteiger partial charge in [-0.2, -0.15) is 0 Å². The first-order valence-electron chi connectivity index (χ1n) is 8.99. The van der Waals surface area contributed by atoms with Gasteiger partial charge in [-0.1, -0.05) is 6.07 Å². The van der Waals surface area contributed by atoms with Gasteiger partial charge in [-0.25, -0.2) is 4.98 Å². The molecule has 0 unspecified atom stereocenters. The fourth-order valence-corrected chi connectivity index (χ4v) is 4.60. The van der Waals surface area contributed by atoms with E-state index in [1.807, 2.05) is 30.3 Å². The molecule has 2 atom stereocenters. The second-order valence-electron chi connectivity index (χ2n) is 7.08. The lowest BCUT2D eigenvalue weighted by Crippen LogP contribution is -2.30. The number of carboxylic acid groups (broad SMARTS) is 1. The van der Waals surface area contributed by atoms with Gasteiger partial charge in [0.25, 0.3) is 0 Å². The Kier molecular flexibility index (Phi) is 4.66. The molecule has 1 aliphatic rings. The molecule has 1 aromatic heterocycles. The Bertz CT molecular complexity index is 1010. The number of nitrogens with zero attached hydrogens (tertiary/aromatic N) is 1. The Hall–Kier alpha value is -2.73. The van der Waals surface area contributed by atoms with Crippen LogP contribution in [0.1, 0.15) is 24.8 Å². The number of aryl methyl sites for hydroxylation is 1. The van der Waals surface area contributed by atoms with E-state index in [4.69, 9.17) is 0 Å². The summed E-state index contributed by atoms with van der Waals surface area (Å²) >= 11 is 1.65. The number of fused-ring (bicyclic) bond motifs is 1. The summed E-state index contributed by atoms with van der Waals surface area (Å²) in [4.78, 5) is 28.0. The minimum absolute atomic E-state index is 0.123. The first kappa shape index (κ1) is 17.7. The summed E-state index contributed by atoms with van der Waals surface area (Å²) < 4.78 is 1.16. The highest BCUT2D eigenvalue weighted by Gasteiger charge is 2.30. The van der Waals surface area contributed by atoms with Crippen LogP contribution in [0, 0.1) is 18.8 Å². The van der Waals surface area contributed by atoms with Crippen LogP contribution in [0.15, 0.2) is 42.5 Å². The summed E-state index contributed by atoms with van der Waals surface area (Å²) in [5.74, 6) is -1.95. The molecule has 1 saturated carbocycles. The van der Waals surface area contributed by atoms with Gasteiger partial charge in [0.2, 0.25) is 5.91 Å². The third-order valence-electron chi connectivity index (χ3n) is 5.08. The van der Waals surface area contributed by atoms with Gasteiger partial charge in [0.1, 0.15) is 5.01 Å². The summed E-state index contributed by atoms with van der Waals surface area (Å²) in [5, 5.41) is 14.8. The van der Waals surface area contributed by atoms with E-state index >= 15 is 0 Å². The van der Waals surface area contributed by atoms with Crippen LogP contribution in [0.3, 0.4) is 0 Å². The van der Waals surface area contributed by atoms with Gasteiger partial charge in [-0.3, -0.25) is 4.79 Å². The topological polar surface area (TPSA) is 82.1 Å². The third kappa shape index (κ3) is 3.71. The van der Waals surface area contributed by atoms with Crippen molar-refractivity contribution in [3.63, 3.8) is 0 Å². The molecule has 5 nitrogen and oxygen atoms in total. The summed E-state index contributed by atoms with van der Waals surface area (Å²) in [6.45, 7) is 2.07. The number of benzene rings is 2. The molecule has 27 heavy (non-hydrogen) atoms. The quantitative estimate of drug-likeness (QED) is 0.753. The number of anilines is 1. The molecule has 0 radical (unpaired) electrons. The van der Waals surface area contributed by atoms with Crippen molar-refractivity contribution in [3.05, 3.63) is 48.0 Å². The first-order valence-corrected chi connectivity index (χ1v) is 9.80. The molecule has 1 N–H and O–H groups in total. The second-order valence-corrected chi connectivity index (χ2v) is 8.11. The van der Waals surface area contributed by atoms with Crippen LogP contribution in [0.2, 0.25) is 0 Å². The van der Waals surface area contributed by atoms with E-state index < -0.39 is 11.9 Å². The number of hydrogen-bond acceptors (Lipinski definition) is 5. The number of aromatic nitrogens is 1. The molecule has 1 fully saturated rings. The number of rotatable bonds is 4. The Morgan fingerprint density at radius 2 is 1.85 bits per heavy atom. The smallest absolute Gasteiger partial charge is 0.227 e. The lowest BCUT2D eigenvalue weighted by Gasteiger charge is -2.12. The fraction of sp³-hybridized carbons (Fsp3) is 0.286. The summed E-state index contributed by atoms with van der Waals surface area (Å²) in [6, 6.07) is 13.8. The molecule has 138 valence electrons. The van der Waals surface area contributed by atoms with E-state index in [1.54, 1.807) is 11.3 Å². The average Bonchev–Trinajstić information content (AvgIpc) is 3.29. The average molecular weight is 379 g/mol. The van der Waals surface area contributed by atoms with Crippen molar-refractivity contribution in [2.75, 3.05) is 5.32 Å². The number of carboxylic acids is 1. The molecule has 4 rings (SSSR count). The van der Waals surface area contributed by atoms with Gasteiger partial charge in [-0.15, -0.1) is 11.3 Å². The van der Waals surface area contributed by atoms with Crippen LogP contribution in [0.5, 0.6) is 0 Å². The second kappa shape index (κ2) is 7.12. The maximum absolute atomic E-state index is 12.4. The number of nitrogens with one attached hydrogen (secondary N) is 1. The molecule has 1 heterocycles. The van der Waals surface area contributed by atoms with Crippen LogP contribution in [0.4, 0.5) is 5.69 Å². The predicted molar refractivity (Wildman–Crippen MR) is 104 cm³/mol. The lowest BCUT2D eigenvalue weighted by atomic mass is 10.0. The van der Waals surface area contributed by atoms with Crippen LogP contribution in [-0.4, -0.2) is 16.9 Å². The van der Waals surface area contributed by atoms with Crippen molar-refractivity contribution in [2.45, 2.75) is 26.2 Å². The molecule has 0 bridgehead atoms. The Balaban J connectivity index is 1.45. The van der Waals surface area contributed by atoms with Crippen molar-refractivity contribution in [1.82, 2.24) is 4.98 Å². The van der Waals surface area contributed by atoms with Crippen molar-refractivity contribution in [2.24, 2.45) is 11.8 Å². The van der Waals surface area contributed by atoms with Gasteiger partial charge in [0.15, 0.2) is 0 Å². The molecule has 2 aromatic carbocycles. The van der Waals surface area contributed by atoms with Gasteiger partial charge < -0.3 is 15.2 Å². The maximum atomic E-state index is 12.4. The van der Waals surface area contributed by atoms with E-state index in [9.17, 15) is 14.7 Å². The van der Waals surface area contributed by atoms with Crippen molar-refractivity contribution in [1.29, 1.82) is 0 Å². The summed E-state index contributed by atoms with van der Waals surface area (Å²) in [6.07, 6.45) is 1.46. The number of carbonyl (C=O) groups is 2. The van der Waals surface area contributed by atoms with Gasteiger partial charge in [0.05, 0.1) is 10.2 Å². The molecule has 3 aromatic rings. The number of thiazole rings is 1. The van der Waals surface area contributed by atoms with Gasteiger partial charge >= 0.3 is 0 Å². The normalized spacial score (nSPS) is 19.3. The van der Waals surface area contributed by atoms with Crippen molar-refractivity contribution in [3.8, 4) is 10.6 Å².